The lowest BCUT2D eigenvalue weighted by atomic mass is 10.2. The summed E-state index contributed by atoms with van der Waals surface area (Å²) in [5.41, 5.74) is 0. The Hall–Kier alpha value is -0.790. The quantitative estimate of drug-likeness (QED) is 0.607. The number of thioether (sulfide) groups is 1. The van der Waals surface area contributed by atoms with Crippen molar-refractivity contribution in [2.45, 2.75) is 12.5 Å². The maximum absolute atomic E-state index is 11.9. The molecule has 6 nitrogen and oxygen atoms in total. The first-order valence-electron chi connectivity index (χ1n) is 6.44. The standard InChI is InChI=1S/C12H23N3O3S/c1-15(8-11(16)14-3-5-18-2)12(17)7-10-9-19-6-4-13-10/h10,13H,3-9H2,1-2H3,(H,14,16). The molecule has 2 N–H and O–H groups in total. The van der Waals surface area contributed by atoms with Crippen LogP contribution in [0.3, 0.4) is 0 Å². The summed E-state index contributed by atoms with van der Waals surface area (Å²) in [5.74, 6) is 1.91. The van der Waals surface area contributed by atoms with Gasteiger partial charge in [-0.3, -0.25) is 9.59 Å². The summed E-state index contributed by atoms with van der Waals surface area (Å²) in [5, 5.41) is 6.01. The van der Waals surface area contributed by atoms with Gasteiger partial charge >= 0.3 is 0 Å². The number of hydrogen-bond donors (Lipinski definition) is 2. The lowest BCUT2D eigenvalue weighted by Gasteiger charge is -2.25. The maximum atomic E-state index is 11.9. The minimum absolute atomic E-state index is 0.00175. The normalized spacial score (nSPS) is 18.9. The molecule has 1 unspecified atom stereocenters. The number of likely N-dealkylation sites (N-methyl/N-ethyl adjacent to an activating group) is 1. The second kappa shape index (κ2) is 9.17. The van der Waals surface area contributed by atoms with Crippen LogP contribution in [0.15, 0.2) is 0 Å². The smallest absolute Gasteiger partial charge is 0.239 e. The molecule has 19 heavy (non-hydrogen) atoms. The van der Waals surface area contributed by atoms with Crippen LogP contribution in [0.4, 0.5) is 0 Å². The third kappa shape index (κ3) is 6.79. The van der Waals surface area contributed by atoms with Crippen LogP contribution in [0.1, 0.15) is 6.42 Å². The Morgan fingerprint density at radius 2 is 2.32 bits per heavy atom. The monoisotopic (exact) mass is 289 g/mol. The number of carbonyl (C=O) groups is 2. The predicted molar refractivity (Wildman–Crippen MR) is 76.3 cm³/mol. The van der Waals surface area contributed by atoms with Crippen molar-refractivity contribution in [1.29, 1.82) is 0 Å². The molecule has 0 saturated carbocycles. The molecule has 1 aliphatic heterocycles. The molecule has 1 rings (SSSR count). The van der Waals surface area contributed by atoms with Gasteiger partial charge in [-0.1, -0.05) is 0 Å². The Balaban J connectivity index is 2.21. The Bertz CT molecular complexity index is 296. The molecular weight excluding hydrogens is 266 g/mol. The minimum Gasteiger partial charge on any atom is -0.383 e. The fourth-order valence-corrected chi connectivity index (χ4v) is 2.72. The third-order valence-electron chi connectivity index (χ3n) is 2.85. The summed E-state index contributed by atoms with van der Waals surface area (Å²) in [4.78, 5) is 25.0. The number of amides is 2. The Morgan fingerprint density at radius 1 is 1.53 bits per heavy atom. The fourth-order valence-electron chi connectivity index (χ4n) is 1.77. The van der Waals surface area contributed by atoms with E-state index in [2.05, 4.69) is 10.6 Å². The fraction of sp³-hybridized carbons (Fsp3) is 0.833. The molecule has 1 saturated heterocycles. The second-order valence-electron chi connectivity index (χ2n) is 4.52. The minimum atomic E-state index is -0.154. The van der Waals surface area contributed by atoms with E-state index in [1.165, 1.54) is 4.90 Å². The van der Waals surface area contributed by atoms with Gasteiger partial charge < -0.3 is 20.3 Å². The van der Waals surface area contributed by atoms with Gasteiger partial charge in [0.15, 0.2) is 0 Å². The molecule has 2 amide bonds. The number of methoxy groups -OCH3 is 1. The van der Waals surface area contributed by atoms with Crippen LogP contribution >= 0.6 is 11.8 Å². The SMILES string of the molecule is COCCNC(=O)CN(C)C(=O)CC1CSCCN1. The maximum Gasteiger partial charge on any atom is 0.239 e. The summed E-state index contributed by atoms with van der Waals surface area (Å²) in [6, 6.07) is 0.227. The lowest BCUT2D eigenvalue weighted by Crippen LogP contribution is -2.44. The van der Waals surface area contributed by atoms with Crippen LogP contribution in [0.5, 0.6) is 0 Å². The van der Waals surface area contributed by atoms with Gasteiger partial charge in [-0.25, -0.2) is 0 Å². The van der Waals surface area contributed by atoms with Gasteiger partial charge in [0.25, 0.3) is 0 Å². The van der Waals surface area contributed by atoms with Crippen LogP contribution in [-0.2, 0) is 14.3 Å². The zero-order chi connectivity index (χ0) is 14.1. The van der Waals surface area contributed by atoms with E-state index in [0.717, 1.165) is 18.1 Å². The highest BCUT2D eigenvalue weighted by atomic mass is 32.2. The molecule has 0 spiro atoms. The van der Waals surface area contributed by atoms with Gasteiger partial charge in [0.05, 0.1) is 13.2 Å². The first-order valence-corrected chi connectivity index (χ1v) is 7.59. The highest BCUT2D eigenvalue weighted by molar-refractivity contribution is 7.99. The Labute approximate surface area is 118 Å². The van der Waals surface area contributed by atoms with Crippen molar-refractivity contribution < 1.29 is 14.3 Å². The summed E-state index contributed by atoms with van der Waals surface area (Å²) in [7, 11) is 3.24. The van der Waals surface area contributed by atoms with E-state index in [1.807, 2.05) is 11.8 Å². The van der Waals surface area contributed by atoms with E-state index in [9.17, 15) is 9.59 Å². The summed E-state index contributed by atoms with van der Waals surface area (Å²) in [6.07, 6.45) is 0.453. The molecular formula is C12H23N3O3S. The average molecular weight is 289 g/mol. The summed E-state index contributed by atoms with van der Waals surface area (Å²) >= 11 is 1.86. The molecule has 110 valence electrons. The summed E-state index contributed by atoms with van der Waals surface area (Å²) < 4.78 is 4.84. The van der Waals surface area contributed by atoms with Crippen molar-refractivity contribution in [2.24, 2.45) is 0 Å². The van der Waals surface area contributed by atoms with Gasteiger partial charge in [-0.05, 0) is 0 Å². The van der Waals surface area contributed by atoms with Gasteiger partial charge in [-0.2, -0.15) is 11.8 Å². The first kappa shape index (κ1) is 16.3. The van der Waals surface area contributed by atoms with Crippen molar-refractivity contribution in [3.8, 4) is 0 Å². The van der Waals surface area contributed by atoms with E-state index in [0.29, 0.717) is 19.6 Å². The van der Waals surface area contributed by atoms with E-state index >= 15 is 0 Å². The Kier molecular flexibility index (Phi) is 7.85. The Morgan fingerprint density at radius 3 is 2.95 bits per heavy atom. The van der Waals surface area contributed by atoms with Gasteiger partial charge in [0, 0.05) is 51.2 Å². The molecule has 0 aromatic carbocycles. The van der Waals surface area contributed by atoms with Crippen molar-refractivity contribution in [1.82, 2.24) is 15.5 Å². The van der Waals surface area contributed by atoms with Gasteiger partial charge in [0.2, 0.25) is 11.8 Å². The van der Waals surface area contributed by atoms with Crippen molar-refractivity contribution in [3.63, 3.8) is 0 Å². The molecule has 1 aliphatic rings. The van der Waals surface area contributed by atoms with Crippen molar-refractivity contribution in [2.75, 3.05) is 51.9 Å². The molecule has 0 bridgehead atoms. The predicted octanol–water partition coefficient (Wildman–Crippen LogP) is -0.697. The van der Waals surface area contributed by atoms with E-state index < -0.39 is 0 Å². The van der Waals surface area contributed by atoms with Crippen LogP contribution in [0, 0.1) is 0 Å². The van der Waals surface area contributed by atoms with E-state index in [4.69, 9.17) is 4.74 Å². The molecule has 0 radical (unpaired) electrons. The van der Waals surface area contributed by atoms with Crippen LogP contribution in [-0.4, -0.2) is 74.7 Å². The number of nitrogens with one attached hydrogen (secondary N) is 2. The van der Waals surface area contributed by atoms with Crippen LogP contribution < -0.4 is 10.6 Å². The second-order valence-corrected chi connectivity index (χ2v) is 5.67. The summed E-state index contributed by atoms with van der Waals surface area (Å²) in [6.45, 7) is 2.00. The largest absolute Gasteiger partial charge is 0.383 e. The molecule has 7 heteroatoms. The van der Waals surface area contributed by atoms with E-state index in [1.54, 1.807) is 14.2 Å². The van der Waals surface area contributed by atoms with Crippen molar-refractivity contribution in [3.05, 3.63) is 0 Å². The van der Waals surface area contributed by atoms with Crippen molar-refractivity contribution >= 4 is 23.6 Å². The first-order chi connectivity index (χ1) is 9.13. The van der Waals surface area contributed by atoms with Gasteiger partial charge in [0.1, 0.15) is 0 Å². The average Bonchev–Trinajstić information content (AvgIpc) is 2.40. The third-order valence-corrected chi connectivity index (χ3v) is 3.99. The number of rotatable bonds is 7. The highest BCUT2D eigenvalue weighted by Gasteiger charge is 2.20. The number of hydrogen-bond acceptors (Lipinski definition) is 5. The number of nitrogens with zero attached hydrogens (tertiary/aromatic N) is 1. The zero-order valence-corrected chi connectivity index (χ0v) is 12.4. The zero-order valence-electron chi connectivity index (χ0n) is 11.6. The molecule has 0 aromatic rings. The highest BCUT2D eigenvalue weighted by Crippen LogP contribution is 2.10. The molecule has 0 aromatic heterocycles. The topological polar surface area (TPSA) is 70.7 Å². The van der Waals surface area contributed by atoms with Crippen LogP contribution in [0.2, 0.25) is 0 Å². The molecule has 0 aliphatic carbocycles. The van der Waals surface area contributed by atoms with Gasteiger partial charge in [-0.15, -0.1) is 0 Å². The lowest BCUT2D eigenvalue weighted by molar-refractivity contribution is -0.135. The molecule has 1 atom stereocenters. The number of carbonyl (C=O) groups excluding carboxylic acids is 2. The van der Waals surface area contributed by atoms with Crippen LogP contribution in [0.25, 0.3) is 0 Å². The number of ether oxygens (including phenoxy) is 1. The van der Waals surface area contributed by atoms with E-state index in [-0.39, 0.29) is 24.4 Å². The molecule has 1 fully saturated rings. The molecule has 1 heterocycles.